The summed E-state index contributed by atoms with van der Waals surface area (Å²) in [6.07, 6.45) is 0.720. The largest absolute Gasteiger partial charge is 0.480 e. The average molecular weight is 286 g/mol. The lowest BCUT2D eigenvalue weighted by molar-refractivity contribution is -0.149. The van der Waals surface area contributed by atoms with Gasteiger partial charge in [0.15, 0.2) is 0 Å². The summed E-state index contributed by atoms with van der Waals surface area (Å²) in [6, 6.07) is 0. The number of carbonyl (C=O) groups is 4. The summed E-state index contributed by atoms with van der Waals surface area (Å²) in [7, 11) is 0. The first-order valence-corrected chi connectivity index (χ1v) is 6.30. The van der Waals surface area contributed by atoms with Crippen molar-refractivity contribution in [3.8, 4) is 0 Å². The molecule has 1 rings (SSSR count). The van der Waals surface area contributed by atoms with Gasteiger partial charge in [-0.1, -0.05) is 6.92 Å². The molecule has 0 aromatic rings. The van der Waals surface area contributed by atoms with Gasteiger partial charge < -0.3 is 20.4 Å². The summed E-state index contributed by atoms with van der Waals surface area (Å²) in [5.74, 6) is -2.93. The Hall–Kier alpha value is -2.12. The van der Waals surface area contributed by atoms with Crippen molar-refractivity contribution >= 4 is 23.8 Å². The Morgan fingerprint density at radius 1 is 1.15 bits per heavy atom. The number of nitrogens with one attached hydrogen (secondary N) is 1. The third-order valence-electron chi connectivity index (χ3n) is 3.09. The molecule has 1 aliphatic rings. The number of nitrogens with zero attached hydrogens (tertiary/aromatic N) is 1. The molecule has 1 fully saturated rings. The van der Waals surface area contributed by atoms with Crippen molar-refractivity contribution in [2.75, 3.05) is 19.6 Å². The normalized spacial score (nSPS) is 20.1. The molecule has 0 bridgehead atoms. The minimum absolute atomic E-state index is 0.000700. The van der Waals surface area contributed by atoms with Crippen LogP contribution in [-0.4, -0.2) is 58.5 Å². The van der Waals surface area contributed by atoms with Crippen molar-refractivity contribution in [2.45, 2.75) is 19.8 Å². The van der Waals surface area contributed by atoms with E-state index in [0.717, 1.165) is 11.3 Å². The van der Waals surface area contributed by atoms with Gasteiger partial charge in [0.2, 0.25) is 11.8 Å². The van der Waals surface area contributed by atoms with E-state index in [1.807, 2.05) is 6.92 Å². The Labute approximate surface area is 115 Å². The smallest absolute Gasteiger partial charge is 0.323 e. The second-order valence-electron chi connectivity index (χ2n) is 4.90. The average Bonchev–Trinajstić information content (AvgIpc) is 3.04. The zero-order valence-corrected chi connectivity index (χ0v) is 11.2. The predicted molar refractivity (Wildman–Crippen MR) is 66.7 cm³/mol. The Morgan fingerprint density at radius 2 is 1.65 bits per heavy atom. The van der Waals surface area contributed by atoms with Gasteiger partial charge >= 0.3 is 11.9 Å². The van der Waals surface area contributed by atoms with Crippen LogP contribution in [0.15, 0.2) is 0 Å². The van der Waals surface area contributed by atoms with E-state index in [1.54, 1.807) is 0 Å². The molecule has 0 aromatic carbocycles. The molecule has 2 unspecified atom stereocenters. The number of hydrogen-bond acceptors (Lipinski definition) is 4. The van der Waals surface area contributed by atoms with Crippen LogP contribution in [0.3, 0.4) is 0 Å². The molecule has 0 aromatic heterocycles. The highest BCUT2D eigenvalue weighted by Gasteiger charge is 2.38. The lowest BCUT2D eigenvalue weighted by atomic mass is 10.3. The summed E-state index contributed by atoms with van der Waals surface area (Å²) in [4.78, 5) is 45.0. The molecule has 112 valence electrons. The van der Waals surface area contributed by atoms with Gasteiger partial charge in [-0.25, -0.2) is 0 Å². The van der Waals surface area contributed by atoms with Crippen molar-refractivity contribution < 1.29 is 29.4 Å². The maximum absolute atomic E-state index is 11.7. The topological polar surface area (TPSA) is 124 Å². The maximum atomic E-state index is 11.7. The fraction of sp³-hybridized carbons (Fsp3) is 0.667. The van der Waals surface area contributed by atoms with Crippen molar-refractivity contribution in [3.05, 3.63) is 0 Å². The third kappa shape index (κ3) is 5.25. The van der Waals surface area contributed by atoms with Crippen LogP contribution in [-0.2, 0) is 19.2 Å². The number of rotatable bonds is 8. The second-order valence-corrected chi connectivity index (χ2v) is 4.90. The van der Waals surface area contributed by atoms with Crippen molar-refractivity contribution in [2.24, 2.45) is 11.8 Å². The lowest BCUT2D eigenvalue weighted by Gasteiger charge is -2.18. The van der Waals surface area contributed by atoms with Gasteiger partial charge in [-0.3, -0.25) is 19.2 Å². The molecule has 2 atom stereocenters. The summed E-state index contributed by atoms with van der Waals surface area (Å²) in [5, 5.41) is 19.8. The highest BCUT2D eigenvalue weighted by molar-refractivity contribution is 5.86. The van der Waals surface area contributed by atoms with Crippen LogP contribution >= 0.6 is 0 Å². The van der Waals surface area contributed by atoms with E-state index in [2.05, 4.69) is 5.32 Å². The first-order valence-electron chi connectivity index (χ1n) is 6.30. The first kappa shape index (κ1) is 15.9. The van der Waals surface area contributed by atoms with E-state index in [1.165, 1.54) is 0 Å². The van der Waals surface area contributed by atoms with Crippen LogP contribution in [0.2, 0.25) is 0 Å². The van der Waals surface area contributed by atoms with Crippen LogP contribution in [0.5, 0.6) is 0 Å². The standard InChI is InChI=1S/C12H18N2O6/c1-7-4-8(7)12(20)13-3-2-9(15)14(5-10(16)17)6-11(18)19/h7-8H,2-6H2,1H3,(H,13,20)(H,16,17)(H,18,19). The lowest BCUT2D eigenvalue weighted by Crippen LogP contribution is -2.41. The molecule has 0 saturated heterocycles. The SMILES string of the molecule is CC1CC1C(=O)NCCC(=O)N(CC(=O)O)CC(=O)O. The van der Waals surface area contributed by atoms with Crippen LogP contribution in [0.4, 0.5) is 0 Å². The molecule has 20 heavy (non-hydrogen) atoms. The zero-order valence-electron chi connectivity index (χ0n) is 11.2. The Bertz CT molecular complexity index is 406. The number of hydrogen-bond donors (Lipinski definition) is 3. The molecule has 1 saturated carbocycles. The molecule has 8 nitrogen and oxygen atoms in total. The molecule has 0 heterocycles. The predicted octanol–water partition coefficient (Wildman–Crippen LogP) is -0.853. The number of amides is 2. The van der Waals surface area contributed by atoms with Gasteiger partial charge in [0.1, 0.15) is 13.1 Å². The van der Waals surface area contributed by atoms with Gasteiger partial charge in [0.25, 0.3) is 0 Å². The Kier molecular flexibility index (Phi) is 5.48. The molecule has 8 heteroatoms. The summed E-state index contributed by atoms with van der Waals surface area (Å²) >= 11 is 0. The first-order chi connectivity index (χ1) is 9.31. The fourth-order valence-corrected chi connectivity index (χ4v) is 1.83. The summed E-state index contributed by atoms with van der Waals surface area (Å²) < 4.78 is 0. The number of carboxylic acid groups (broad SMARTS) is 2. The monoisotopic (exact) mass is 286 g/mol. The fourth-order valence-electron chi connectivity index (χ4n) is 1.83. The highest BCUT2D eigenvalue weighted by Crippen LogP contribution is 2.37. The van der Waals surface area contributed by atoms with E-state index in [0.29, 0.717) is 5.92 Å². The van der Waals surface area contributed by atoms with Crippen molar-refractivity contribution in [1.29, 1.82) is 0 Å². The van der Waals surface area contributed by atoms with E-state index in [-0.39, 0.29) is 24.8 Å². The van der Waals surface area contributed by atoms with Gasteiger partial charge in [-0.2, -0.15) is 0 Å². The van der Waals surface area contributed by atoms with E-state index in [4.69, 9.17) is 10.2 Å². The van der Waals surface area contributed by atoms with Gasteiger partial charge in [-0.15, -0.1) is 0 Å². The van der Waals surface area contributed by atoms with Crippen LogP contribution in [0.1, 0.15) is 19.8 Å². The second kappa shape index (κ2) is 6.88. The summed E-state index contributed by atoms with van der Waals surface area (Å²) in [6.45, 7) is 0.699. The molecule has 1 aliphatic carbocycles. The van der Waals surface area contributed by atoms with Gasteiger partial charge in [0, 0.05) is 18.9 Å². The quantitative estimate of drug-likeness (QED) is 0.533. The van der Waals surface area contributed by atoms with Crippen molar-refractivity contribution in [1.82, 2.24) is 10.2 Å². The Balaban J connectivity index is 2.35. The van der Waals surface area contributed by atoms with Crippen LogP contribution in [0, 0.1) is 11.8 Å². The minimum atomic E-state index is -1.28. The van der Waals surface area contributed by atoms with Crippen LogP contribution < -0.4 is 5.32 Å². The molecule has 2 amide bonds. The van der Waals surface area contributed by atoms with Gasteiger partial charge in [0.05, 0.1) is 0 Å². The van der Waals surface area contributed by atoms with E-state index < -0.39 is 30.9 Å². The number of carbonyl (C=O) groups excluding carboxylic acids is 2. The molecule has 0 radical (unpaired) electrons. The summed E-state index contributed by atoms with van der Waals surface area (Å²) in [5.41, 5.74) is 0. The minimum Gasteiger partial charge on any atom is -0.480 e. The Morgan fingerprint density at radius 3 is 2.05 bits per heavy atom. The van der Waals surface area contributed by atoms with Crippen LogP contribution in [0.25, 0.3) is 0 Å². The molecular formula is C12H18N2O6. The molecule has 0 aliphatic heterocycles. The van der Waals surface area contributed by atoms with E-state index >= 15 is 0 Å². The number of carboxylic acids is 2. The molecule has 3 N–H and O–H groups in total. The van der Waals surface area contributed by atoms with E-state index in [9.17, 15) is 19.2 Å². The zero-order chi connectivity index (χ0) is 15.3. The highest BCUT2D eigenvalue weighted by atomic mass is 16.4. The molecule has 0 spiro atoms. The molecular weight excluding hydrogens is 268 g/mol. The van der Waals surface area contributed by atoms with Crippen molar-refractivity contribution in [3.63, 3.8) is 0 Å². The maximum Gasteiger partial charge on any atom is 0.323 e. The third-order valence-corrected chi connectivity index (χ3v) is 3.09. The van der Waals surface area contributed by atoms with Gasteiger partial charge in [-0.05, 0) is 12.3 Å². The number of aliphatic carboxylic acids is 2.